The normalized spacial score (nSPS) is 19.2. The van der Waals surface area contributed by atoms with Gasteiger partial charge in [-0.25, -0.2) is 0 Å². The van der Waals surface area contributed by atoms with Crippen molar-refractivity contribution in [2.24, 2.45) is 5.41 Å². The zero-order chi connectivity index (χ0) is 12.1. The topological polar surface area (TPSA) is 32.3 Å². The van der Waals surface area contributed by atoms with E-state index >= 15 is 0 Å². The van der Waals surface area contributed by atoms with Crippen LogP contribution in [0.2, 0.25) is 0 Å². The fourth-order valence-corrected chi connectivity index (χ4v) is 2.67. The molecule has 17 heavy (non-hydrogen) atoms. The highest BCUT2D eigenvalue weighted by molar-refractivity contribution is 5.23. The lowest BCUT2D eigenvalue weighted by molar-refractivity contribution is 0.0893. The van der Waals surface area contributed by atoms with Crippen LogP contribution < -0.4 is 5.32 Å². The van der Waals surface area contributed by atoms with Crippen LogP contribution >= 0.6 is 0 Å². The molecule has 0 radical (unpaired) electrons. The molecule has 0 unspecified atom stereocenters. The van der Waals surface area contributed by atoms with Crippen LogP contribution in [0, 0.1) is 5.41 Å². The van der Waals surface area contributed by atoms with Gasteiger partial charge in [0.1, 0.15) is 0 Å². The number of benzene rings is 1. The molecular formula is C15H23NO. The van der Waals surface area contributed by atoms with Gasteiger partial charge in [0.2, 0.25) is 0 Å². The van der Waals surface area contributed by atoms with E-state index < -0.39 is 0 Å². The van der Waals surface area contributed by atoms with Crippen molar-refractivity contribution in [2.45, 2.75) is 32.6 Å². The zero-order valence-corrected chi connectivity index (χ0v) is 10.7. The average molecular weight is 233 g/mol. The number of aliphatic hydroxyl groups is 1. The lowest BCUT2D eigenvalue weighted by Crippen LogP contribution is -2.40. The first kappa shape index (κ1) is 12.6. The van der Waals surface area contributed by atoms with Crippen LogP contribution in [0.1, 0.15) is 30.9 Å². The molecule has 0 aromatic heterocycles. The van der Waals surface area contributed by atoms with Crippen LogP contribution in [0.4, 0.5) is 0 Å². The highest BCUT2D eigenvalue weighted by atomic mass is 16.3. The van der Waals surface area contributed by atoms with E-state index in [9.17, 15) is 5.11 Å². The molecule has 94 valence electrons. The molecular weight excluding hydrogens is 210 g/mol. The molecule has 0 amide bonds. The third-order valence-corrected chi connectivity index (χ3v) is 4.01. The summed E-state index contributed by atoms with van der Waals surface area (Å²) in [6.45, 7) is 4.56. The quantitative estimate of drug-likeness (QED) is 0.835. The van der Waals surface area contributed by atoms with E-state index in [0.717, 1.165) is 38.8 Å². The number of aliphatic hydroxyl groups excluding tert-OH is 1. The van der Waals surface area contributed by atoms with Gasteiger partial charge in [-0.1, -0.05) is 31.2 Å². The molecule has 0 saturated carbocycles. The molecule has 0 aliphatic carbocycles. The molecule has 2 nitrogen and oxygen atoms in total. The number of nitrogens with one attached hydrogen (secondary N) is 1. The van der Waals surface area contributed by atoms with Crippen LogP contribution in [0.25, 0.3) is 0 Å². The molecule has 1 aliphatic heterocycles. The fourth-order valence-electron chi connectivity index (χ4n) is 2.67. The maximum absolute atomic E-state index is 9.68. The van der Waals surface area contributed by atoms with Gasteiger partial charge in [0, 0.05) is 6.61 Å². The Balaban J connectivity index is 2.06. The molecule has 2 rings (SSSR count). The molecule has 2 N–H and O–H groups in total. The Morgan fingerprint density at radius 3 is 2.24 bits per heavy atom. The minimum atomic E-state index is 0.110. The van der Waals surface area contributed by atoms with Crippen LogP contribution in [-0.2, 0) is 12.8 Å². The highest BCUT2D eigenvalue weighted by Gasteiger charge is 2.31. The number of rotatable bonds is 4. The van der Waals surface area contributed by atoms with Gasteiger partial charge >= 0.3 is 0 Å². The van der Waals surface area contributed by atoms with Crippen molar-refractivity contribution in [3.63, 3.8) is 0 Å². The number of aryl methyl sites for hydroxylation is 1. The maximum atomic E-state index is 9.68. The Kier molecular flexibility index (Phi) is 4.19. The largest absolute Gasteiger partial charge is 0.396 e. The van der Waals surface area contributed by atoms with Gasteiger partial charge < -0.3 is 10.4 Å². The molecule has 0 bridgehead atoms. The van der Waals surface area contributed by atoms with E-state index in [2.05, 4.69) is 36.5 Å². The summed E-state index contributed by atoms with van der Waals surface area (Å²) in [4.78, 5) is 0. The number of hydrogen-bond donors (Lipinski definition) is 2. The van der Waals surface area contributed by atoms with Gasteiger partial charge in [0.25, 0.3) is 0 Å². The van der Waals surface area contributed by atoms with Crippen molar-refractivity contribution < 1.29 is 5.11 Å². The maximum Gasteiger partial charge on any atom is 0.0491 e. The Morgan fingerprint density at radius 1 is 1.12 bits per heavy atom. The Hall–Kier alpha value is -0.860. The lowest BCUT2D eigenvalue weighted by Gasteiger charge is -2.36. The van der Waals surface area contributed by atoms with Crippen molar-refractivity contribution in [1.29, 1.82) is 0 Å². The van der Waals surface area contributed by atoms with E-state index in [4.69, 9.17) is 0 Å². The molecule has 2 heteroatoms. The summed E-state index contributed by atoms with van der Waals surface area (Å²) in [5, 5.41) is 13.0. The van der Waals surface area contributed by atoms with E-state index in [1.165, 1.54) is 11.1 Å². The molecule has 1 fully saturated rings. The second-order valence-corrected chi connectivity index (χ2v) is 5.25. The van der Waals surface area contributed by atoms with Crippen molar-refractivity contribution in [3.8, 4) is 0 Å². The standard InChI is InChI=1S/C15H23NO/c1-2-13-3-5-14(6-4-13)11-15(12-17)7-9-16-10-8-15/h3-6,16-17H,2,7-12H2,1H3. The molecule has 1 aromatic carbocycles. The smallest absolute Gasteiger partial charge is 0.0491 e. The minimum Gasteiger partial charge on any atom is -0.396 e. The summed E-state index contributed by atoms with van der Waals surface area (Å²) < 4.78 is 0. The van der Waals surface area contributed by atoms with Crippen molar-refractivity contribution in [1.82, 2.24) is 5.32 Å². The Bertz CT molecular complexity index is 338. The lowest BCUT2D eigenvalue weighted by atomic mass is 9.75. The Labute approximate surface area is 104 Å². The summed E-state index contributed by atoms with van der Waals surface area (Å²) >= 11 is 0. The molecule has 1 heterocycles. The summed E-state index contributed by atoms with van der Waals surface area (Å²) in [6.07, 6.45) is 4.27. The fraction of sp³-hybridized carbons (Fsp3) is 0.600. The van der Waals surface area contributed by atoms with Crippen LogP contribution in [0.3, 0.4) is 0 Å². The second-order valence-electron chi connectivity index (χ2n) is 5.25. The van der Waals surface area contributed by atoms with Crippen LogP contribution in [0.5, 0.6) is 0 Å². The first-order valence-corrected chi connectivity index (χ1v) is 6.67. The molecule has 1 saturated heterocycles. The minimum absolute atomic E-state index is 0.110. The van der Waals surface area contributed by atoms with Gasteiger partial charge in [0.15, 0.2) is 0 Å². The van der Waals surface area contributed by atoms with E-state index in [1.54, 1.807) is 0 Å². The summed E-state index contributed by atoms with van der Waals surface area (Å²) in [5.74, 6) is 0. The summed E-state index contributed by atoms with van der Waals surface area (Å²) in [5.41, 5.74) is 2.86. The van der Waals surface area contributed by atoms with E-state index in [1.807, 2.05) is 0 Å². The van der Waals surface area contributed by atoms with Gasteiger partial charge in [-0.05, 0) is 55.3 Å². The second kappa shape index (κ2) is 5.65. The van der Waals surface area contributed by atoms with Gasteiger partial charge in [-0.15, -0.1) is 0 Å². The number of piperidine rings is 1. The van der Waals surface area contributed by atoms with Crippen molar-refractivity contribution in [2.75, 3.05) is 19.7 Å². The van der Waals surface area contributed by atoms with Crippen LogP contribution in [-0.4, -0.2) is 24.8 Å². The van der Waals surface area contributed by atoms with Gasteiger partial charge in [0.05, 0.1) is 0 Å². The zero-order valence-electron chi connectivity index (χ0n) is 10.7. The number of hydrogen-bond acceptors (Lipinski definition) is 2. The monoisotopic (exact) mass is 233 g/mol. The van der Waals surface area contributed by atoms with E-state index in [-0.39, 0.29) is 5.41 Å². The van der Waals surface area contributed by atoms with Gasteiger partial charge in [-0.3, -0.25) is 0 Å². The highest BCUT2D eigenvalue weighted by Crippen LogP contribution is 2.32. The predicted molar refractivity (Wildman–Crippen MR) is 71.1 cm³/mol. The summed E-state index contributed by atoms with van der Waals surface area (Å²) in [7, 11) is 0. The first-order valence-electron chi connectivity index (χ1n) is 6.67. The molecule has 1 aliphatic rings. The van der Waals surface area contributed by atoms with Crippen molar-refractivity contribution >= 4 is 0 Å². The third kappa shape index (κ3) is 3.08. The third-order valence-electron chi connectivity index (χ3n) is 4.01. The molecule has 0 atom stereocenters. The first-order chi connectivity index (χ1) is 8.28. The SMILES string of the molecule is CCc1ccc(CC2(CO)CCNCC2)cc1. The predicted octanol–water partition coefficient (Wildman–Crippen LogP) is 2.15. The van der Waals surface area contributed by atoms with Gasteiger partial charge in [-0.2, -0.15) is 0 Å². The Morgan fingerprint density at radius 2 is 1.71 bits per heavy atom. The average Bonchev–Trinajstić information content (AvgIpc) is 2.41. The van der Waals surface area contributed by atoms with Crippen LogP contribution in [0.15, 0.2) is 24.3 Å². The summed E-state index contributed by atoms with van der Waals surface area (Å²) in [6, 6.07) is 8.86. The van der Waals surface area contributed by atoms with Crippen molar-refractivity contribution in [3.05, 3.63) is 35.4 Å². The van der Waals surface area contributed by atoms with E-state index in [0.29, 0.717) is 6.61 Å². The molecule has 0 spiro atoms. The molecule has 1 aromatic rings.